The van der Waals surface area contributed by atoms with Crippen LogP contribution in [0.25, 0.3) is 0 Å². The van der Waals surface area contributed by atoms with Gasteiger partial charge in [-0.25, -0.2) is 4.79 Å². The molecule has 3 N–H and O–H groups in total. The van der Waals surface area contributed by atoms with Crippen molar-refractivity contribution in [1.29, 1.82) is 0 Å². The van der Waals surface area contributed by atoms with Crippen LogP contribution in [0.15, 0.2) is 24.3 Å². The number of thioether (sulfide) groups is 1. The van der Waals surface area contributed by atoms with E-state index in [-0.39, 0.29) is 5.91 Å². The number of hydrogen-bond acceptors (Lipinski definition) is 5. The Morgan fingerprint density at radius 3 is 2.56 bits per heavy atom. The number of carbonyl (C=O) groups excluding carboxylic acids is 2. The normalized spacial score (nSPS) is 15.6. The molecule has 0 aromatic heterocycles. The van der Waals surface area contributed by atoms with Gasteiger partial charge in [0.25, 0.3) is 0 Å². The third-order valence-corrected chi connectivity index (χ3v) is 4.89. The van der Waals surface area contributed by atoms with Gasteiger partial charge in [-0.1, -0.05) is 12.1 Å². The van der Waals surface area contributed by atoms with Crippen molar-refractivity contribution in [1.82, 2.24) is 10.2 Å². The van der Waals surface area contributed by atoms with Crippen molar-refractivity contribution in [2.45, 2.75) is 12.5 Å². The summed E-state index contributed by atoms with van der Waals surface area (Å²) in [5.41, 5.74) is 6.25. The molecule has 3 amide bonds. The monoisotopic (exact) mass is 366 g/mol. The largest absolute Gasteiger partial charge is 0.495 e. The Kier molecular flexibility index (Phi) is 7.24. The van der Waals surface area contributed by atoms with E-state index in [4.69, 9.17) is 10.5 Å². The molecule has 8 heteroatoms. The number of methoxy groups -OCH3 is 1. The first-order valence-corrected chi connectivity index (χ1v) is 9.68. The van der Waals surface area contributed by atoms with Gasteiger partial charge in [0.15, 0.2) is 0 Å². The molecule has 1 aliphatic rings. The van der Waals surface area contributed by atoms with Gasteiger partial charge < -0.3 is 25.6 Å². The highest BCUT2D eigenvalue weighted by Gasteiger charge is 2.28. The number of nitrogens with zero attached hydrogens (tertiary/aromatic N) is 2. The highest BCUT2D eigenvalue weighted by atomic mass is 32.2. The number of rotatable bonds is 7. The molecule has 25 heavy (non-hydrogen) atoms. The maximum atomic E-state index is 12.7. The summed E-state index contributed by atoms with van der Waals surface area (Å²) in [6.45, 7) is 2.65. The Labute approximate surface area is 152 Å². The molecule has 1 fully saturated rings. The molecule has 2 rings (SSSR count). The SMILES string of the molecule is COc1ccccc1N1CCN(C(=O)[C@H](CCSC)NC(N)=O)CC1. The molecule has 0 aliphatic carbocycles. The van der Waals surface area contributed by atoms with Crippen LogP contribution in [0, 0.1) is 0 Å². The van der Waals surface area contributed by atoms with Gasteiger partial charge in [0.05, 0.1) is 12.8 Å². The molecule has 0 unspecified atom stereocenters. The van der Waals surface area contributed by atoms with E-state index in [2.05, 4.69) is 10.2 Å². The average molecular weight is 366 g/mol. The highest BCUT2D eigenvalue weighted by Crippen LogP contribution is 2.28. The van der Waals surface area contributed by atoms with Crippen LogP contribution in [0.4, 0.5) is 10.5 Å². The summed E-state index contributed by atoms with van der Waals surface area (Å²) in [5.74, 6) is 1.56. The topological polar surface area (TPSA) is 87.9 Å². The minimum atomic E-state index is -0.660. The Morgan fingerprint density at radius 1 is 1.28 bits per heavy atom. The number of anilines is 1. The Balaban J connectivity index is 1.97. The van der Waals surface area contributed by atoms with Crippen LogP contribution in [-0.4, -0.2) is 68.2 Å². The number of para-hydroxylation sites is 2. The second-order valence-electron chi connectivity index (χ2n) is 5.83. The summed E-state index contributed by atoms with van der Waals surface area (Å²) in [4.78, 5) is 27.9. The van der Waals surface area contributed by atoms with Crippen LogP contribution in [0.3, 0.4) is 0 Å². The zero-order chi connectivity index (χ0) is 18.2. The number of nitrogens with two attached hydrogens (primary N) is 1. The van der Waals surface area contributed by atoms with Crippen molar-refractivity contribution >= 4 is 29.4 Å². The summed E-state index contributed by atoms with van der Waals surface area (Å²) in [7, 11) is 1.66. The van der Waals surface area contributed by atoms with E-state index in [9.17, 15) is 9.59 Å². The van der Waals surface area contributed by atoms with Gasteiger partial charge in [0.2, 0.25) is 5.91 Å². The lowest BCUT2D eigenvalue weighted by Crippen LogP contribution is -2.55. The Hall–Kier alpha value is -2.09. The van der Waals surface area contributed by atoms with Gasteiger partial charge in [0.1, 0.15) is 11.8 Å². The van der Waals surface area contributed by atoms with E-state index in [0.717, 1.165) is 30.3 Å². The molecule has 1 aromatic carbocycles. The van der Waals surface area contributed by atoms with E-state index in [0.29, 0.717) is 19.5 Å². The molecule has 1 aliphatic heterocycles. The smallest absolute Gasteiger partial charge is 0.312 e. The minimum Gasteiger partial charge on any atom is -0.495 e. The number of ether oxygens (including phenoxy) is 1. The number of primary amides is 1. The predicted octanol–water partition coefficient (Wildman–Crippen LogP) is 1.13. The summed E-state index contributed by atoms with van der Waals surface area (Å²) < 4.78 is 5.41. The van der Waals surface area contributed by atoms with Crippen molar-refractivity contribution in [3.8, 4) is 5.75 Å². The number of amides is 3. The predicted molar refractivity (Wildman–Crippen MR) is 101 cm³/mol. The molecule has 138 valence electrons. The Morgan fingerprint density at radius 2 is 1.96 bits per heavy atom. The molecule has 0 saturated carbocycles. The first-order chi connectivity index (χ1) is 12.1. The van der Waals surface area contributed by atoms with Crippen LogP contribution in [0.1, 0.15) is 6.42 Å². The molecule has 0 bridgehead atoms. The van der Waals surface area contributed by atoms with Crippen molar-refractivity contribution in [3.63, 3.8) is 0 Å². The third-order valence-electron chi connectivity index (χ3n) is 4.24. The minimum absolute atomic E-state index is 0.0625. The fourth-order valence-corrected chi connectivity index (χ4v) is 3.42. The molecule has 1 saturated heterocycles. The molecule has 1 heterocycles. The van der Waals surface area contributed by atoms with E-state index >= 15 is 0 Å². The molecule has 7 nitrogen and oxygen atoms in total. The van der Waals surface area contributed by atoms with Gasteiger partial charge >= 0.3 is 6.03 Å². The van der Waals surface area contributed by atoms with E-state index in [1.165, 1.54) is 0 Å². The quantitative estimate of drug-likeness (QED) is 0.755. The standard InChI is InChI=1S/C17H26N4O3S/c1-24-15-6-4-3-5-14(15)20-8-10-21(11-9-20)16(22)13(7-12-25-2)19-17(18)23/h3-6,13H,7-12H2,1-2H3,(H3,18,19,23)/t13-/m0/s1. The van der Waals surface area contributed by atoms with Crippen molar-refractivity contribution < 1.29 is 14.3 Å². The maximum absolute atomic E-state index is 12.7. The number of carbonyl (C=O) groups is 2. The molecule has 0 spiro atoms. The average Bonchev–Trinajstić information content (AvgIpc) is 2.64. The van der Waals surface area contributed by atoms with Gasteiger partial charge in [-0.15, -0.1) is 0 Å². The van der Waals surface area contributed by atoms with Gasteiger partial charge in [0, 0.05) is 26.2 Å². The van der Waals surface area contributed by atoms with E-state index in [1.807, 2.05) is 30.5 Å². The van der Waals surface area contributed by atoms with Crippen LogP contribution >= 0.6 is 11.8 Å². The van der Waals surface area contributed by atoms with Crippen LogP contribution in [-0.2, 0) is 4.79 Å². The van der Waals surface area contributed by atoms with Crippen LogP contribution in [0.5, 0.6) is 5.75 Å². The number of benzene rings is 1. The zero-order valence-electron chi connectivity index (χ0n) is 14.7. The second-order valence-corrected chi connectivity index (χ2v) is 6.81. The van der Waals surface area contributed by atoms with E-state index < -0.39 is 12.1 Å². The summed E-state index contributed by atoms with van der Waals surface area (Å²) in [6.07, 6.45) is 2.55. The number of nitrogens with one attached hydrogen (secondary N) is 1. The van der Waals surface area contributed by atoms with Crippen molar-refractivity contribution in [2.75, 3.05) is 50.2 Å². The van der Waals surface area contributed by atoms with Gasteiger partial charge in [-0.2, -0.15) is 11.8 Å². The fourth-order valence-electron chi connectivity index (χ4n) is 2.94. The molecular formula is C17H26N4O3S. The van der Waals surface area contributed by atoms with Crippen molar-refractivity contribution in [2.24, 2.45) is 5.73 Å². The molecular weight excluding hydrogens is 340 g/mol. The summed E-state index contributed by atoms with van der Waals surface area (Å²) >= 11 is 1.64. The lowest BCUT2D eigenvalue weighted by molar-refractivity contribution is -0.133. The summed E-state index contributed by atoms with van der Waals surface area (Å²) in [6, 6.07) is 6.65. The third kappa shape index (κ3) is 5.19. The zero-order valence-corrected chi connectivity index (χ0v) is 15.6. The van der Waals surface area contributed by atoms with E-state index in [1.54, 1.807) is 23.8 Å². The highest BCUT2D eigenvalue weighted by molar-refractivity contribution is 7.98. The lowest BCUT2D eigenvalue weighted by atomic mass is 10.1. The Bertz CT molecular complexity index is 591. The molecule has 1 atom stereocenters. The number of piperazine rings is 1. The second kappa shape index (κ2) is 9.41. The fraction of sp³-hybridized carbons (Fsp3) is 0.529. The maximum Gasteiger partial charge on any atom is 0.312 e. The van der Waals surface area contributed by atoms with Gasteiger partial charge in [-0.05, 0) is 30.6 Å². The lowest BCUT2D eigenvalue weighted by Gasteiger charge is -2.38. The van der Waals surface area contributed by atoms with Gasteiger partial charge in [-0.3, -0.25) is 4.79 Å². The van der Waals surface area contributed by atoms with Crippen molar-refractivity contribution in [3.05, 3.63) is 24.3 Å². The summed E-state index contributed by atoms with van der Waals surface area (Å²) in [5, 5.41) is 2.57. The van der Waals surface area contributed by atoms with Crippen LogP contribution in [0.2, 0.25) is 0 Å². The first kappa shape index (κ1) is 19.2. The number of hydrogen-bond donors (Lipinski definition) is 2. The first-order valence-electron chi connectivity index (χ1n) is 8.28. The molecule has 1 aromatic rings. The molecule has 0 radical (unpaired) electrons. The number of urea groups is 1. The van der Waals surface area contributed by atoms with Crippen LogP contribution < -0.4 is 20.7 Å².